The first kappa shape index (κ1) is 10.6. The molecule has 1 aromatic rings. The van der Waals surface area contributed by atoms with Crippen molar-refractivity contribution in [2.45, 2.75) is 13.1 Å². The van der Waals surface area contributed by atoms with Gasteiger partial charge in [-0.2, -0.15) is 13.2 Å². The van der Waals surface area contributed by atoms with E-state index in [9.17, 15) is 13.2 Å². The van der Waals surface area contributed by atoms with E-state index >= 15 is 0 Å². The second-order valence-electron chi connectivity index (χ2n) is 2.33. The molecule has 0 unspecified atom stereocenters. The lowest BCUT2D eigenvalue weighted by Crippen LogP contribution is -2.12. The Labute approximate surface area is 85.3 Å². The highest BCUT2D eigenvalue weighted by molar-refractivity contribution is 9.10. The molecule has 13 heavy (non-hydrogen) atoms. The Morgan fingerprint density at radius 3 is 2.38 bits per heavy atom. The average Bonchev–Trinajstić information content (AvgIpc) is 1.97. The highest BCUT2D eigenvalue weighted by Gasteiger charge is 2.34. The summed E-state index contributed by atoms with van der Waals surface area (Å²) < 4.78 is 36.7. The standard InChI is InChI=1S/C6H4BrF3N2S/c1-2-3(7)4(13)12-5(11-2)6(8,9)10/h1H3,(H,11,12,13). The summed E-state index contributed by atoms with van der Waals surface area (Å²) in [5, 5.41) is 0. The third-order valence-electron chi connectivity index (χ3n) is 1.30. The predicted octanol–water partition coefficient (Wildman–Crippen LogP) is 3.23. The molecule has 72 valence electrons. The van der Waals surface area contributed by atoms with E-state index in [1.165, 1.54) is 6.92 Å². The first-order chi connectivity index (χ1) is 5.82. The number of hydrogen-bond donors (Lipinski definition) is 1. The number of alkyl halides is 3. The van der Waals surface area contributed by atoms with Crippen LogP contribution in [0.2, 0.25) is 0 Å². The minimum Gasteiger partial charge on any atom is -0.339 e. The Kier molecular flexibility index (Phi) is 2.76. The predicted molar refractivity (Wildman–Crippen MR) is 46.9 cm³/mol. The van der Waals surface area contributed by atoms with Crippen molar-refractivity contribution in [1.29, 1.82) is 0 Å². The van der Waals surface area contributed by atoms with Crippen molar-refractivity contribution >= 4 is 28.1 Å². The smallest absolute Gasteiger partial charge is 0.339 e. The fourth-order valence-corrected chi connectivity index (χ4v) is 1.14. The minimum absolute atomic E-state index is 0.0939. The molecule has 2 nitrogen and oxygen atoms in total. The van der Waals surface area contributed by atoms with Crippen molar-refractivity contribution in [3.63, 3.8) is 0 Å². The normalized spacial score (nSPS) is 11.8. The fourth-order valence-electron chi connectivity index (χ4n) is 0.706. The SMILES string of the molecule is Cc1[nH]c(C(F)(F)F)nc(=S)c1Br. The number of nitrogens with zero attached hydrogens (tertiary/aromatic N) is 1. The summed E-state index contributed by atoms with van der Waals surface area (Å²) in [4.78, 5) is 5.30. The summed E-state index contributed by atoms with van der Waals surface area (Å²) in [6.45, 7) is 1.48. The van der Waals surface area contributed by atoms with Crippen molar-refractivity contribution < 1.29 is 13.2 Å². The van der Waals surface area contributed by atoms with Gasteiger partial charge in [-0.05, 0) is 22.9 Å². The van der Waals surface area contributed by atoms with E-state index < -0.39 is 12.0 Å². The number of rotatable bonds is 0. The molecule has 0 aromatic carbocycles. The Morgan fingerprint density at radius 2 is 2.00 bits per heavy atom. The highest BCUT2D eigenvalue weighted by Crippen LogP contribution is 2.27. The van der Waals surface area contributed by atoms with Gasteiger partial charge in [0.25, 0.3) is 0 Å². The topological polar surface area (TPSA) is 28.7 Å². The molecule has 0 aliphatic carbocycles. The fraction of sp³-hybridized carbons (Fsp3) is 0.333. The van der Waals surface area contributed by atoms with Crippen molar-refractivity contribution in [1.82, 2.24) is 9.97 Å². The molecule has 0 radical (unpaired) electrons. The molecule has 1 rings (SSSR count). The number of aryl methyl sites for hydroxylation is 1. The van der Waals surface area contributed by atoms with E-state index in [4.69, 9.17) is 0 Å². The molecule has 1 aromatic heterocycles. The zero-order valence-corrected chi connectivity index (χ0v) is 8.77. The molecule has 0 atom stereocenters. The lowest BCUT2D eigenvalue weighted by Gasteiger charge is -2.07. The van der Waals surface area contributed by atoms with Gasteiger partial charge in [-0.15, -0.1) is 0 Å². The van der Waals surface area contributed by atoms with Gasteiger partial charge in [0.05, 0.1) is 4.47 Å². The monoisotopic (exact) mass is 272 g/mol. The molecule has 0 fully saturated rings. The number of aromatic nitrogens is 2. The zero-order chi connectivity index (χ0) is 10.2. The lowest BCUT2D eigenvalue weighted by molar-refractivity contribution is -0.145. The van der Waals surface area contributed by atoms with Crippen LogP contribution >= 0.6 is 28.1 Å². The molecule has 0 saturated heterocycles. The molecule has 7 heteroatoms. The van der Waals surface area contributed by atoms with Crippen LogP contribution in [-0.2, 0) is 6.18 Å². The molecule has 0 aliphatic rings. The maximum atomic E-state index is 12.1. The number of H-pyrrole nitrogens is 1. The van der Waals surface area contributed by atoms with Crippen molar-refractivity contribution in [3.8, 4) is 0 Å². The Morgan fingerprint density at radius 1 is 1.46 bits per heavy atom. The Balaban J connectivity index is 3.38. The quantitative estimate of drug-likeness (QED) is 0.735. The molecular formula is C6H4BrF3N2S. The highest BCUT2D eigenvalue weighted by atomic mass is 79.9. The van der Waals surface area contributed by atoms with Gasteiger partial charge in [0.2, 0.25) is 5.82 Å². The molecule has 0 aliphatic heterocycles. The Bertz CT molecular complexity index is 384. The summed E-state index contributed by atoms with van der Waals surface area (Å²) in [5.74, 6) is -1.07. The molecule has 0 spiro atoms. The maximum Gasteiger partial charge on any atom is 0.449 e. The van der Waals surface area contributed by atoms with Crippen LogP contribution in [-0.4, -0.2) is 9.97 Å². The summed E-state index contributed by atoms with van der Waals surface area (Å²) in [7, 11) is 0. The van der Waals surface area contributed by atoms with Gasteiger partial charge in [-0.3, -0.25) is 0 Å². The second-order valence-corrected chi connectivity index (χ2v) is 3.51. The van der Waals surface area contributed by atoms with Crippen molar-refractivity contribution in [3.05, 3.63) is 20.6 Å². The number of hydrogen-bond acceptors (Lipinski definition) is 2. The van der Waals surface area contributed by atoms with Crippen LogP contribution in [0.25, 0.3) is 0 Å². The summed E-state index contributed by atoms with van der Waals surface area (Å²) in [6, 6.07) is 0. The lowest BCUT2D eigenvalue weighted by atomic mass is 10.4. The maximum absolute atomic E-state index is 12.1. The van der Waals surface area contributed by atoms with Gasteiger partial charge < -0.3 is 4.98 Å². The molecule has 0 saturated carbocycles. The number of aromatic amines is 1. The van der Waals surface area contributed by atoms with Gasteiger partial charge in [0.15, 0.2) is 0 Å². The summed E-state index contributed by atoms with van der Waals surface area (Å²) in [6.07, 6.45) is -4.49. The largest absolute Gasteiger partial charge is 0.449 e. The zero-order valence-electron chi connectivity index (χ0n) is 6.37. The Hall–Kier alpha value is -0.430. The van der Waals surface area contributed by atoms with Crippen LogP contribution in [0.3, 0.4) is 0 Å². The van der Waals surface area contributed by atoms with Crippen LogP contribution in [0.15, 0.2) is 4.47 Å². The summed E-state index contributed by atoms with van der Waals surface area (Å²) >= 11 is 7.63. The third-order valence-corrected chi connectivity index (χ3v) is 2.83. The van der Waals surface area contributed by atoms with Gasteiger partial charge in [0.1, 0.15) is 4.64 Å². The number of halogens is 4. The van der Waals surface area contributed by atoms with E-state index in [2.05, 4.69) is 38.1 Å². The van der Waals surface area contributed by atoms with E-state index in [1.54, 1.807) is 0 Å². The van der Waals surface area contributed by atoms with Crippen molar-refractivity contribution in [2.75, 3.05) is 0 Å². The molecule has 0 amide bonds. The summed E-state index contributed by atoms with van der Waals surface area (Å²) in [5.41, 5.74) is 0.312. The molecule has 1 N–H and O–H groups in total. The van der Waals surface area contributed by atoms with Crippen LogP contribution in [0.5, 0.6) is 0 Å². The van der Waals surface area contributed by atoms with Gasteiger partial charge >= 0.3 is 6.18 Å². The first-order valence-corrected chi connectivity index (χ1v) is 4.36. The van der Waals surface area contributed by atoms with Gasteiger partial charge in [-0.1, -0.05) is 12.2 Å². The van der Waals surface area contributed by atoms with Crippen LogP contribution in [0.1, 0.15) is 11.5 Å². The van der Waals surface area contributed by atoms with E-state index in [0.717, 1.165) is 0 Å². The van der Waals surface area contributed by atoms with E-state index in [1.807, 2.05) is 0 Å². The molecule has 1 heterocycles. The van der Waals surface area contributed by atoms with Crippen molar-refractivity contribution in [2.24, 2.45) is 0 Å². The molecule has 0 bridgehead atoms. The second kappa shape index (κ2) is 3.38. The molecular weight excluding hydrogens is 269 g/mol. The average molecular weight is 273 g/mol. The van der Waals surface area contributed by atoms with Gasteiger partial charge in [0, 0.05) is 5.69 Å². The van der Waals surface area contributed by atoms with E-state index in [0.29, 0.717) is 10.2 Å². The van der Waals surface area contributed by atoms with E-state index in [-0.39, 0.29) is 4.64 Å². The van der Waals surface area contributed by atoms with Crippen LogP contribution in [0, 0.1) is 11.6 Å². The number of nitrogens with one attached hydrogen (secondary N) is 1. The van der Waals surface area contributed by atoms with Gasteiger partial charge in [-0.25, -0.2) is 4.98 Å². The third kappa shape index (κ3) is 2.28. The van der Waals surface area contributed by atoms with Crippen LogP contribution in [0.4, 0.5) is 13.2 Å². The first-order valence-electron chi connectivity index (χ1n) is 3.16. The van der Waals surface area contributed by atoms with Crippen LogP contribution < -0.4 is 0 Å². The minimum atomic E-state index is -4.49.